The van der Waals surface area contributed by atoms with E-state index in [9.17, 15) is 0 Å². The normalized spacial score (nSPS) is 17.0. The Balaban J connectivity index is 2.27. The van der Waals surface area contributed by atoms with Gasteiger partial charge in [0.15, 0.2) is 0 Å². The molecule has 1 fully saturated rings. The molecule has 2 rings (SSSR count). The van der Waals surface area contributed by atoms with Crippen molar-refractivity contribution in [2.75, 3.05) is 0 Å². The van der Waals surface area contributed by atoms with E-state index in [-0.39, 0.29) is 5.41 Å². The van der Waals surface area contributed by atoms with Crippen LogP contribution in [0.2, 0.25) is 0 Å². The number of hydrogen-bond donors (Lipinski definition) is 0. The van der Waals surface area contributed by atoms with Gasteiger partial charge in [0.25, 0.3) is 0 Å². The van der Waals surface area contributed by atoms with Crippen molar-refractivity contribution in [3.8, 4) is 12.3 Å². The SMILES string of the molecule is C#CC(C)(C)c1csc(C2CC2)n1. The van der Waals surface area contributed by atoms with E-state index in [4.69, 9.17) is 6.42 Å². The van der Waals surface area contributed by atoms with Crippen LogP contribution in [0.25, 0.3) is 0 Å². The Hall–Kier alpha value is -0.810. The number of hydrogen-bond acceptors (Lipinski definition) is 2. The van der Waals surface area contributed by atoms with Gasteiger partial charge in [0, 0.05) is 11.3 Å². The maximum absolute atomic E-state index is 5.45. The third-order valence-corrected chi connectivity index (χ3v) is 3.46. The lowest BCUT2D eigenvalue weighted by Crippen LogP contribution is -2.14. The summed E-state index contributed by atoms with van der Waals surface area (Å²) in [7, 11) is 0. The zero-order valence-electron chi connectivity index (χ0n) is 8.00. The molecular weight excluding hydrogens is 178 g/mol. The van der Waals surface area contributed by atoms with Crippen molar-refractivity contribution in [2.45, 2.75) is 38.0 Å². The summed E-state index contributed by atoms with van der Waals surface area (Å²) in [6.45, 7) is 4.08. The monoisotopic (exact) mass is 191 g/mol. The van der Waals surface area contributed by atoms with Crippen molar-refractivity contribution in [2.24, 2.45) is 0 Å². The Morgan fingerprint density at radius 2 is 2.31 bits per heavy atom. The van der Waals surface area contributed by atoms with Gasteiger partial charge < -0.3 is 0 Å². The van der Waals surface area contributed by atoms with Gasteiger partial charge in [-0.05, 0) is 26.7 Å². The fourth-order valence-corrected chi connectivity index (χ4v) is 2.33. The van der Waals surface area contributed by atoms with Crippen molar-refractivity contribution < 1.29 is 0 Å². The van der Waals surface area contributed by atoms with Crippen LogP contribution in [0.5, 0.6) is 0 Å². The molecule has 0 radical (unpaired) electrons. The summed E-state index contributed by atoms with van der Waals surface area (Å²) >= 11 is 1.76. The van der Waals surface area contributed by atoms with Crippen molar-refractivity contribution in [3.05, 3.63) is 16.1 Å². The van der Waals surface area contributed by atoms with Crippen molar-refractivity contribution in [1.29, 1.82) is 0 Å². The summed E-state index contributed by atoms with van der Waals surface area (Å²) in [5.74, 6) is 3.52. The number of aromatic nitrogens is 1. The Labute approximate surface area is 83.2 Å². The second-order valence-electron chi connectivity index (χ2n) is 4.11. The van der Waals surface area contributed by atoms with E-state index in [1.807, 2.05) is 13.8 Å². The molecule has 13 heavy (non-hydrogen) atoms. The highest BCUT2D eigenvalue weighted by Gasteiger charge is 2.29. The number of nitrogens with zero attached hydrogens (tertiary/aromatic N) is 1. The second kappa shape index (κ2) is 2.85. The fourth-order valence-electron chi connectivity index (χ4n) is 1.17. The summed E-state index contributed by atoms with van der Waals surface area (Å²) < 4.78 is 0. The van der Waals surface area contributed by atoms with Gasteiger partial charge in [0.05, 0.1) is 16.1 Å². The Kier molecular flexibility index (Phi) is 1.92. The molecule has 1 heterocycles. The number of thiazole rings is 1. The summed E-state index contributed by atoms with van der Waals surface area (Å²) in [4.78, 5) is 4.59. The summed E-state index contributed by atoms with van der Waals surface area (Å²) in [6.07, 6.45) is 8.07. The standard InChI is InChI=1S/C11H13NS/c1-4-11(2,3)9-7-13-10(12-9)8-5-6-8/h1,7-8H,5-6H2,2-3H3. The van der Waals surface area contributed by atoms with Gasteiger partial charge in [-0.25, -0.2) is 4.98 Å². The zero-order chi connectivity index (χ0) is 9.47. The smallest absolute Gasteiger partial charge is 0.0959 e. The Morgan fingerprint density at radius 1 is 1.62 bits per heavy atom. The Morgan fingerprint density at radius 3 is 2.85 bits per heavy atom. The van der Waals surface area contributed by atoms with E-state index in [0.29, 0.717) is 0 Å². The summed E-state index contributed by atoms with van der Waals surface area (Å²) in [6, 6.07) is 0. The highest BCUT2D eigenvalue weighted by atomic mass is 32.1. The van der Waals surface area contributed by atoms with Gasteiger partial charge in [0.2, 0.25) is 0 Å². The molecule has 0 spiro atoms. The lowest BCUT2D eigenvalue weighted by atomic mass is 9.92. The van der Waals surface area contributed by atoms with Crippen LogP contribution in [-0.4, -0.2) is 4.98 Å². The minimum absolute atomic E-state index is 0.205. The van der Waals surface area contributed by atoms with Gasteiger partial charge in [-0.3, -0.25) is 0 Å². The molecule has 68 valence electrons. The fraction of sp³-hybridized carbons (Fsp3) is 0.545. The topological polar surface area (TPSA) is 12.9 Å². The van der Waals surface area contributed by atoms with Crippen molar-refractivity contribution in [1.82, 2.24) is 4.98 Å². The molecule has 1 nitrogen and oxygen atoms in total. The third kappa shape index (κ3) is 1.62. The van der Waals surface area contributed by atoms with E-state index in [2.05, 4.69) is 16.3 Å². The summed E-state index contributed by atoms with van der Waals surface area (Å²) in [5.41, 5.74) is 0.853. The van der Waals surface area contributed by atoms with Crippen molar-refractivity contribution in [3.63, 3.8) is 0 Å². The lowest BCUT2D eigenvalue weighted by Gasteiger charge is -2.13. The zero-order valence-corrected chi connectivity index (χ0v) is 8.82. The predicted octanol–water partition coefficient (Wildman–Crippen LogP) is 2.93. The maximum atomic E-state index is 5.45. The molecule has 1 aromatic heterocycles. The van der Waals surface area contributed by atoms with Crippen LogP contribution >= 0.6 is 11.3 Å². The van der Waals surface area contributed by atoms with E-state index in [0.717, 1.165) is 11.6 Å². The van der Waals surface area contributed by atoms with Crippen molar-refractivity contribution >= 4 is 11.3 Å². The first-order valence-electron chi connectivity index (χ1n) is 4.57. The molecule has 0 aromatic carbocycles. The molecule has 0 saturated heterocycles. The average molecular weight is 191 g/mol. The molecule has 1 aliphatic rings. The van der Waals surface area contributed by atoms with Gasteiger partial charge in [0.1, 0.15) is 0 Å². The van der Waals surface area contributed by atoms with Gasteiger partial charge in [-0.1, -0.05) is 5.92 Å². The van der Waals surface area contributed by atoms with Crippen LogP contribution in [-0.2, 0) is 5.41 Å². The minimum atomic E-state index is -0.205. The molecule has 0 amide bonds. The first kappa shape index (κ1) is 8.77. The second-order valence-corrected chi connectivity index (χ2v) is 5.00. The van der Waals surface area contributed by atoms with Crippen LogP contribution in [0.15, 0.2) is 5.38 Å². The molecule has 1 aliphatic carbocycles. The quantitative estimate of drug-likeness (QED) is 0.655. The molecular formula is C11H13NS. The predicted molar refractivity (Wildman–Crippen MR) is 55.9 cm³/mol. The molecule has 1 aromatic rings. The average Bonchev–Trinajstić information content (AvgIpc) is 2.83. The first-order valence-corrected chi connectivity index (χ1v) is 5.45. The molecule has 0 N–H and O–H groups in total. The van der Waals surface area contributed by atoms with E-state index < -0.39 is 0 Å². The molecule has 1 saturated carbocycles. The van der Waals surface area contributed by atoms with Crippen LogP contribution in [0.1, 0.15) is 43.3 Å². The van der Waals surface area contributed by atoms with Crippen LogP contribution in [0, 0.1) is 12.3 Å². The van der Waals surface area contributed by atoms with Gasteiger partial charge >= 0.3 is 0 Å². The Bertz CT molecular complexity index is 352. The number of rotatable bonds is 2. The van der Waals surface area contributed by atoms with E-state index >= 15 is 0 Å². The molecule has 0 aliphatic heterocycles. The van der Waals surface area contributed by atoms with Gasteiger partial charge in [-0.2, -0.15) is 0 Å². The first-order chi connectivity index (χ1) is 6.13. The highest BCUT2D eigenvalue weighted by Crippen LogP contribution is 2.42. The maximum Gasteiger partial charge on any atom is 0.0959 e. The van der Waals surface area contributed by atoms with Crippen LogP contribution < -0.4 is 0 Å². The number of terminal acetylenes is 1. The molecule has 2 heteroatoms. The van der Waals surface area contributed by atoms with E-state index in [1.54, 1.807) is 11.3 Å². The van der Waals surface area contributed by atoms with Crippen LogP contribution in [0.4, 0.5) is 0 Å². The van der Waals surface area contributed by atoms with Gasteiger partial charge in [-0.15, -0.1) is 17.8 Å². The van der Waals surface area contributed by atoms with E-state index in [1.165, 1.54) is 17.8 Å². The molecule has 0 atom stereocenters. The lowest BCUT2D eigenvalue weighted by molar-refractivity contribution is 0.672. The summed E-state index contributed by atoms with van der Waals surface area (Å²) in [5, 5.41) is 3.38. The minimum Gasteiger partial charge on any atom is -0.244 e. The molecule has 0 bridgehead atoms. The third-order valence-electron chi connectivity index (χ3n) is 2.45. The van der Waals surface area contributed by atoms with Crippen LogP contribution in [0.3, 0.4) is 0 Å². The largest absolute Gasteiger partial charge is 0.244 e. The highest BCUT2D eigenvalue weighted by molar-refractivity contribution is 7.09. The molecule has 0 unspecified atom stereocenters.